The van der Waals surface area contributed by atoms with Gasteiger partial charge >= 0.3 is 0 Å². The molecule has 0 fully saturated rings. The van der Waals surface area contributed by atoms with Gasteiger partial charge in [-0.15, -0.1) is 0 Å². The van der Waals surface area contributed by atoms with E-state index < -0.39 is 4.92 Å². The highest BCUT2D eigenvalue weighted by Crippen LogP contribution is 2.29. The summed E-state index contributed by atoms with van der Waals surface area (Å²) in [5.41, 5.74) is 0.689. The molecule has 0 saturated heterocycles. The Balaban J connectivity index is 2.13. The van der Waals surface area contributed by atoms with E-state index in [-0.39, 0.29) is 18.0 Å². The maximum Gasteiger partial charge on any atom is 0.283 e. The second-order valence-corrected chi connectivity index (χ2v) is 4.58. The lowest BCUT2D eigenvalue weighted by Gasteiger charge is -2.08. The number of aromatic hydroxyl groups is 1. The van der Waals surface area contributed by atoms with Gasteiger partial charge in [0.2, 0.25) is 0 Å². The average Bonchev–Trinajstić information content (AvgIpc) is 2.39. The highest BCUT2D eigenvalue weighted by Gasteiger charge is 2.14. The number of halogens is 1. The lowest BCUT2D eigenvalue weighted by molar-refractivity contribution is -0.385. The summed E-state index contributed by atoms with van der Waals surface area (Å²) in [6, 6.07) is 11.1. The monoisotopic (exact) mass is 323 g/mol. The van der Waals surface area contributed by atoms with E-state index in [1.54, 1.807) is 24.3 Å². The largest absolute Gasteiger partial charge is 0.508 e. The molecule has 98 valence electrons. The molecule has 0 bridgehead atoms. The molecular formula is C13H10BrNO4. The summed E-state index contributed by atoms with van der Waals surface area (Å²) in [6.07, 6.45) is 0. The van der Waals surface area contributed by atoms with E-state index in [2.05, 4.69) is 15.9 Å². The van der Waals surface area contributed by atoms with Crippen LogP contribution in [0, 0.1) is 10.1 Å². The quantitative estimate of drug-likeness (QED) is 0.688. The highest BCUT2D eigenvalue weighted by molar-refractivity contribution is 9.10. The molecule has 0 aliphatic rings. The van der Waals surface area contributed by atoms with E-state index in [1.165, 1.54) is 18.2 Å². The fourth-order valence-corrected chi connectivity index (χ4v) is 2.05. The molecule has 0 saturated carbocycles. The minimum atomic E-state index is -0.450. The summed E-state index contributed by atoms with van der Waals surface area (Å²) in [5.74, 6) is 0.736. The lowest BCUT2D eigenvalue weighted by atomic mass is 10.2. The van der Waals surface area contributed by atoms with Gasteiger partial charge in [-0.3, -0.25) is 10.1 Å². The highest BCUT2D eigenvalue weighted by atomic mass is 79.9. The van der Waals surface area contributed by atoms with Gasteiger partial charge in [0.1, 0.15) is 22.6 Å². The van der Waals surface area contributed by atoms with E-state index in [0.717, 1.165) is 0 Å². The number of benzene rings is 2. The van der Waals surface area contributed by atoms with E-state index >= 15 is 0 Å². The zero-order chi connectivity index (χ0) is 13.8. The summed E-state index contributed by atoms with van der Waals surface area (Å²) in [5, 5.41) is 19.9. The first-order chi connectivity index (χ1) is 9.08. The van der Waals surface area contributed by atoms with Crippen LogP contribution in [-0.2, 0) is 6.61 Å². The third-order valence-electron chi connectivity index (χ3n) is 2.49. The van der Waals surface area contributed by atoms with Crippen LogP contribution in [0.3, 0.4) is 0 Å². The van der Waals surface area contributed by atoms with E-state index in [4.69, 9.17) is 9.84 Å². The Labute approximate surface area is 117 Å². The summed E-state index contributed by atoms with van der Waals surface area (Å²) in [4.78, 5) is 10.3. The number of phenols is 1. The van der Waals surface area contributed by atoms with Crippen LogP contribution in [0.2, 0.25) is 0 Å². The molecule has 0 unspecified atom stereocenters. The van der Waals surface area contributed by atoms with Gasteiger partial charge in [-0.25, -0.2) is 0 Å². The standard InChI is InChI=1S/C13H10BrNO4/c14-13-9(2-1-3-12(13)15(17)18)8-19-11-6-4-10(16)5-7-11/h1-7,16H,8H2. The molecule has 0 aromatic heterocycles. The van der Waals surface area contributed by atoms with Crippen molar-refractivity contribution in [2.75, 3.05) is 0 Å². The number of rotatable bonds is 4. The summed E-state index contributed by atoms with van der Waals surface area (Å²) < 4.78 is 5.91. The predicted molar refractivity (Wildman–Crippen MR) is 73.2 cm³/mol. The number of nitro groups is 1. The third kappa shape index (κ3) is 3.23. The van der Waals surface area contributed by atoms with Gasteiger partial charge in [-0.1, -0.05) is 12.1 Å². The van der Waals surface area contributed by atoms with Gasteiger partial charge < -0.3 is 9.84 Å². The van der Waals surface area contributed by atoms with E-state index in [1.807, 2.05) is 0 Å². The number of nitro benzene ring substituents is 1. The Bertz CT molecular complexity index is 598. The molecular weight excluding hydrogens is 314 g/mol. The van der Waals surface area contributed by atoms with E-state index in [9.17, 15) is 10.1 Å². The number of hydrogen-bond acceptors (Lipinski definition) is 4. The van der Waals surface area contributed by atoms with Gasteiger partial charge in [-0.2, -0.15) is 0 Å². The van der Waals surface area contributed by atoms with Crippen LogP contribution in [0.25, 0.3) is 0 Å². The molecule has 6 heteroatoms. The summed E-state index contributed by atoms with van der Waals surface area (Å²) in [7, 11) is 0. The summed E-state index contributed by atoms with van der Waals surface area (Å²) in [6.45, 7) is 0.201. The van der Waals surface area contributed by atoms with Crippen molar-refractivity contribution < 1.29 is 14.8 Å². The fourth-order valence-electron chi connectivity index (χ4n) is 1.52. The molecule has 0 atom stereocenters. The molecule has 0 spiro atoms. The fraction of sp³-hybridized carbons (Fsp3) is 0.0769. The zero-order valence-corrected chi connectivity index (χ0v) is 11.3. The maximum absolute atomic E-state index is 10.8. The van der Waals surface area contributed by atoms with Crippen LogP contribution in [-0.4, -0.2) is 10.0 Å². The Kier molecular flexibility index (Phi) is 4.01. The molecule has 0 radical (unpaired) electrons. The second-order valence-electron chi connectivity index (χ2n) is 3.79. The molecule has 0 aliphatic carbocycles. The smallest absolute Gasteiger partial charge is 0.283 e. The lowest BCUT2D eigenvalue weighted by Crippen LogP contribution is -1.98. The van der Waals surface area contributed by atoms with Crippen molar-refractivity contribution >= 4 is 21.6 Å². The molecule has 1 N–H and O–H groups in total. The molecule has 19 heavy (non-hydrogen) atoms. The van der Waals surface area contributed by atoms with Gasteiger partial charge in [-0.05, 0) is 40.2 Å². The molecule has 0 amide bonds. The number of hydrogen-bond donors (Lipinski definition) is 1. The molecule has 5 nitrogen and oxygen atoms in total. The Hall–Kier alpha value is -2.08. The van der Waals surface area contributed by atoms with Crippen LogP contribution >= 0.6 is 15.9 Å². The Morgan fingerprint density at radius 1 is 1.21 bits per heavy atom. The molecule has 2 aromatic rings. The van der Waals surface area contributed by atoms with Crippen LogP contribution in [0.5, 0.6) is 11.5 Å². The first-order valence-corrected chi connectivity index (χ1v) is 6.21. The number of ether oxygens (including phenoxy) is 1. The van der Waals surface area contributed by atoms with Crippen molar-refractivity contribution in [3.8, 4) is 11.5 Å². The minimum absolute atomic E-state index is 0.00630. The van der Waals surface area contributed by atoms with Crippen molar-refractivity contribution in [1.29, 1.82) is 0 Å². The van der Waals surface area contributed by atoms with Crippen LogP contribution < -0.4 is 4.74 Å². The van der Waals surface area contributed by atoms with Gasteiger partial charge in [0.05, 0.1) is 4.92 Å². The SMILES string of the molecule is O=[N+]([O-])c1cccc(COc2ccc(O)cc2)c1Br. The third-order valence-corrected chi connectivity index (χ3v) is 3.40. The average molecular weight is 324 g/mol. The van der Waals surface area contributed by atoms with Crippen LogP contribution in [0.15, 0.2) is 46.9 Å². The van der Waals surface area contributed by atoms with Gasteiger partial charge in [0.15, 0.2) is 0 Å². The van der Waals surface area contributed by atoms with Crippen molar-refractivity contribution in [3.63, 3.8) is 0 Å². The van der Waals surface area contributed by atoms with Crippen molar-refractivity contribution in [2.24, 2.45) is 0 Å². The van der Waals surface area contributed by atoms with Gasteiger partial charge in [0, 0.05) is 11.6 Å². The summed E-state index contributed by atoms with van der Waals surface area (Å²) >= 11 is 3.21. The topological polar surface area (TPSA) is 72.6 Å². The maximum atomic E-state index is 10.8. The van der Waals surface area contributed by atoms with Gasteiger partial charge in [0.25, 0.3) is 5.69 Å². The second kappa shape index (κ2) is 5.71. The number of phenolic OH excluding ortho intramolecular Hbond substituents is 1. The number of nitrogens with zero attached hydrogens (tertiary/aromatic N) is 1. The molecule has 2 rings (SSSR count). The van der Waals surface area contributed by atoms with Crippen molar-refractivity contribution in [3.05, 3.63) is 62.6 Å². The Morgan fingerprint density at radius 2 is 1.89 bits per heavy atom. The predicted octanol–water partition coefficient (Wildman–Crippen LogP) is 3.64. The van der Waals surface area contributed by atoms with Crippen molar-refractivity contribution in [1.82, 2.24) is 0 Å². The van der Waals surface area contributed by atoms with E-state index in [0.29, 0.717) is 15.8 Å². The first-order valence-electron chi connectivity index (χ1n) is 5.41. The Morgan fingerprint density at radius 3 is 2.53 bits per heavy atom. The first kappa shape index (κ1) is 13.4. The zero-order valence-electron chi connectivity index (χ0n) is 9.75. The molecule has 2 aromatic carbocycles. The normalized spacial score (nSPS) is 10.2. The van der Waals surface area contributed by atoms with Crippen LogP contribution in [0.1, 0.15) is 5.56 Å². The van der Waals surface area contributed by atoms with Crippen LogP contribution in [0.4, 0.5) is 5.69 Å². The molecule has 0 aliphatic heterocycles. The van der Waals surface area contributed by atoms with Crippen molar-refractivity contribution in [2.45, 2.75) is 6.61 Å². The minimum Gasteiger partial charge on any atom is -0.508 e. The molecule has 0 heterocycles.